The number of nitrogens with zero attached hydrogens (tertiary/aromatic N) is 2. The van der Waals surface area contributed by atoms with Crippen LogP contribution in [0.25, 0.3) is 11.0 Å². The van der Waals surface area contributed by atoms with Crippen molar-refractivity contribution in [3.8, 4) is 0 Å². The normalized spacial score (nSPS) is 16.9. The molecule has 1 aromatic heterocycles. The van der Waals surface area contributed by atoms with Gasteiger partial charge in [-0.25, -0.2) is 4.98 Å². The molecule has 1 aliphatic carbocycles. The molecular formula is C18H25N3OS. The average molecular weight is 331 g/mol. The molecule has 0 saturated heterocycles. The van der Waals surface area contributed by atoms with E-state index in [9.17, 15) is 4.79 Å². The van der Waals surface area contributed by atoms with Gasteiger partial charge in [0, 0.05) is 13.1 Å². The lowest BCUT2D eigenvalue weighted by Crippen LogP contribution is -2.36. The minimum Gasteiger partial charge on any atom is -0.353 e. The van der Waals surface area contributed by atoms with Gasteiger partial charge in [-0.05, 0) is 25.0 Å². The molecule has 1 saturated carbocycles. The molecule has 5 heteroatoms. The van der Waals surface area contributed by atoms with E-state index in [0.717, 1.165) is 29.0 Å². The first-order valence-electron chi connectivity index (χ1n) is 8.57. The number of benzene rings is 1. The maximum Gasteiger partial charge on any atom is 0.230 e. The Labute approximate surface area is 142 Å². The zero-order valence-electron chi connectivity index (χ0n) is 13.8. The molecule has 1 aromatic carbocycles. The quantitative estimate of drug-likeness (QED) is 0.865. The van der Waals surface area contributed by atoms with E-state index in [1.54, 1.807) is 0 Å². The number of rotatable bonds is 4. The molecule has 0 atom stereocenters. The van der Waals surface area contributed by atoms with Crippen molar-refractivity contribution in [2.45, 2.75) is 56.1 Å². The fraction of sp³-hybridized carbons (Fsp3) is 0.556. The summed E-state index contributed by atoms with van der Waals surface area (Å²) >= 11 is 1.52. The predicted octanol–water partition coefficient (Wildman–Crippen LogP) is 3.89. The maximum atomic E-state index is 12.2. The van der Waals surface area contributed by atoms with E-state index in [0.29, 0.717) is 11.8 Å². The molecule has 0 bridgehead atoms. The smallest absolute Gasteiger partial charge is 0.230 e. The molecule has 1 heterocycles. The van der Waals surface area contributed by atoms with Gasteiger partial charge in [-0.2, -0.15) is 0 Å². The second-order valence-electron chi connectivity index (χ2n) is 6.34. The number of hydrogen-bond acceptors (Lipinski definition) is 3. The van der Waals surface area contributed by atoms with Gasteiger partial charge in [-0.15, -0.1) is 0 Å². The zero-order valence-corrected chi connectivity index (χ0v) is 14.6. The van der Waals surface area contributed by atoms with Crippen molar-refractivity contribution in [1.29, 1.82) is 0 Å². The summed E-state index contributed by atoms with van der Waals surface area (Å²) in [6.07, 6.45) is 8.70. The topological polar surface area (TPSA) is 46.9 Å². The van der Waals surface area contributed by atoms with Gasteiger partial charge >= 0.3 is 0 Å². The highest BCUT2D eigenvalue weighted by Crippen LogP contribution is 2.23. The molecule has 2 aromatic rings. The van der Waals surface area contributed by atoms with Crippen LogP contribution >= 0.6 is 11.8 Å². The van der Waals surface area contributed by atoms with Gasteiger partial charge < -0.3 is 9.88 Å². The summed E-state index contributed by atoms with van der Waals surface area (Å²) in [5.41, 5.74) is 2.09. The van der Waals surface area contributed by atoms with Crippen LogP contribution in [-0.2, 0) is 11.8 Å². The first-order valence-corrected chi connectivity index (χ1v) is 9.56. The molecule has 3 rings (SSSR count). The summed E-state index contributed by atoms with van der Waals surface area (Å²) in [4.78, 5) is 16.8. The molecule has 1 amide bonds. The van der Waals surface area contributed by atoms with Crippen LogP contribution in [0, 0.1) is 0 Å². The number of para-hydroxylation sites is 2. The van der Waals surface area contributed by atoms with E-state index in [4.69, 9.17) is 0 Å². The van der Waals surface area contributed by atoms with Crippen LogP contribution in [0.1, 0.15) is 44.9 Å². The van der Waals surface area contributed by atoms with Crippen LogP contribution in [0.15, 0.2) is 29.4 Å². The summed E-state index contributed by atoms with van der Waals surface area (Å²) in [6, 6.07) is 8.43. The maximum absolute atomic E-state index is 12.2. The van der Waals surface area contributed by atoms with Crippen molar-refractivity contribution in [1.82, 2.24) is 14.9 Å². The SMILES string of the molecule is Cn1c(SCC(=O)NC2CCCCCCC2)nc2ccccc21. The first kappa shape index (κ1) is 16.4. The third kappa shape index (κ3) is 4.28. The number of amides is 1. The molecule has 0 spiro atoms. The van der Waals surface area contributed by atoms with E-state index in [2.05, 4.69) is 20.9 Å². The van der Waals surface area contributed by atoms with Crippen molar-refractivity contribution in [2.24, 2.45) is 7.05 Å². The Balaban J connectivity index is 1.54. The van der Waals surface area contributed by atoms with Gasteiger partial charge in [0.1, 0.15) is 0 Å². The van der Waals surface area contributed by atoms with Gasteiger partial charge in [0.2, 0.25) is 5.91 Å². The van der Waals surface area contributed by atoms with Crippen molar-refractivity contribution in [3.05, 3.63) is 24.3 Å². The molecule has 1 aliphatic rings. The van der Waals surface area contributed by atoms with E-state index in [-0.39, 0.29) is 5.91 Å². The Morgan fingerprint density at radius 3 is 2.65 bits per heavy atom. The molecule has 124 valence electrons. The molecule has 23 heavy (non-hydrogen) atoms. The molecule has 1 fully saturated rings. The Kier molecular flexibility index (Phi) is 5.60. The molecule has 4 nitrogen and oxygen atoms in total. The summed E-state index contributed by atoms with van der Waals surface area (Å²) < 4.78 is 2.06. The minimum absolute atomic E-state index is 0.132. The van der Waals surface area contributed by atoms with E-state index < -0.39 is 0 Å². The molecule has 0 unspecified atom stereocenters. The number of imidazole rings is 1. The second kappa shape index (κ2) is 7.86. The highest BCUT2D eigenvalue weighted by molar-refractivity contribution is 7.99. The number of nitrogens with one attached hydrogen (secondary N) is 1. The number of hydrogen-bond donors (Lipinski definition) is 1. The summed E-state index contributed by atoms with van der Waals surface area (Å²) in [5.74, 6) is 0.570. The zero-order chi connectivity index (χ0) is 16.1. The molecule has 1 N–H and O–H groups in total. The lowest BCUT2D eigenvalue weighted by Gasteiger charge is -2.20. The van der Waals surface area contributed by atoms with Crippen LogP contribution in [0.4, 0.5) is 0 Å². The minimum atomic E-state index is 0.132. The third-order valence-corrected chi connectivity index (χ3v) is 5.58. The Morgan fingerprint density at radius 2 is 1.91 bits per heavy atom. The van der Waals surface area contributed by atoms with Crippen molar-refractivity contribution < 1.29 is 4.79 Å². The largest absolute Gasteiger partial charge is 0.353 e. The summed E-state index contributed by atoms with van der Waals surface area (Å²) in [7, 11) is 2.00. The van der Waals surface area contributed by atoms with E-state index >= 15 is 0 Å². The van der Waals surface area contributed by atoms with Crippen LogP contribution in [-0.4, -0.2) is 27.3 Å². The highest BCUT2D eigenvalue weighted by atomic mass is 32.2. The average Bonchev–Trinajstić information content (AvgIpc) is 2.85. The van der Waals surface area contributed by atoms with Crippen molar-refractivity contribution >= 4 is 28.7 Å². The van der Waals surface area contributed by atoms with Gasteiger partial charge in [-0.1, -0.05) is 56.0 Å². The van der Waals surface area contributed by atoms with Gasteiger partial charge in [0.15, 0.2) is 5.16 Å². The lowest BCUT2D eigenvalue weighted by molar-refractivity contribution is -0.119. The summed E-state index contributed by atoms with van der Waals surface area (Å²) in [5, 5.41) is 4.12. The van der Waals surface area contributed by atoms with Gasteiger partial charge in [-0.3, -0.25) is 4.79 Å². The molecular weight excluding hydrogens is 306 g/mol. The van der Waals surface area contributed by atoms with Crippen LogP contribution in [0.3, 0.4) is 0 Å². The monoisotopic (exact) mass is 331 g/mol. The Bertz CT molecular complexity index is 659. The second-order valence-corrected chi connectivity index (χ2v) is 7.28. The van der Waals surface area contributed by atoms with Crippen LogP contribution < -0.4 is 5.32 Å². The van der Waals surface area contributed by atoms with Gasteiger partial charge in [0.05, 0.1) is 16.8 Å². The number of aromatic nitrogens is 2. The fourth-order valence-corrected chi connectivity index (χ4v) is 4.05. The Morgan fingerprint density at radius 1 is 1.22 bits per heavy atom. The molecule has 0 radical (unpaired) electrons. The van der Waals surface area contributed by atoms with E-state index in [1.165, 1.54) is 43.9 Å². The summed E-state index contributed by atoms with van der Waals surface area (Å²) in [6.45, 7) is 0. The van der Waals surface area contributed by atoms with E-state index in [1.807, 2.05) is 25.2 Å². The van der Waals surface area contributed by atoms with Crippen LogP contribution in [0.2, 0.25) is 0 Å². The fourth-order valence-electron chi connectivity index (χ4n) is 3.25. The first-order chi connectivity index (χ1) is 11.2. The van der Waals surface area contributed by atoms with Gasteiger partial charge in [0.25, 0.3) is 0 Å². The van der Waals surface area contributed by atoms with Crippen molar-refractivity contribution in [3.63, 3.8) is 0 Å². The van der Waals surface area contributed by atoms with Crippen molar-refractivity contribution in [2.75, 3.05) is 5.75 Å². The standard InChI is InChI=1S/C18H25N3OS/c1-21-16-12-8-7-11-15(16)20-18(21)23-13-17(22)19-14-9-5-3-2-4-6-10-14/h7-8,11-12,14H,2-6,9-10,13H2,1H3,(H,19,22). The number of aryl methyl sites for hydroxylation is 1. The number of carbonyl (C=O) groups excluding carboxylic acids is 1. The highest BCUT2D eigenvalue weighted by Gasteiger charge is 2.15. The molecule has 0 aliphatic heterocycles. The number of fused-ring (bicyclic) bond motifs is 1. The predicted molar refractivity (Wildman–Crippen MR) is 95.7 cm³/mol. The van der Waals surface area contributed by atoms with Crippen LogP contribution in [0.5, 0.6) is 0 Å². The Hall–Kier alpha value is -1.49. The number of thioether (sulfide) groups is 1. The lowest BCUT2D eigenvalue weighted by atomic mass is 9.97. The number of carbonyl (C=O) groups is 1. The third-order valence-electron chi connectivity index (χ3n) is 4.55.